The molecule has 2 aromatic rings. The molecular weight excluding hydrogens is 416 g/mol. The zero-order valence-electron chi connectivity index (χ0n) is 11.4. The highest BCUT2D eigenvalue weighted by Gasteiger charge is 2.10. The minimum absolute atomic E-state index is 0.822. The van der Waals surface area contributed by atoms with E-state index in [1.807, 2.05) is 0 Å². The molecule has 0 unspecified atom stereocenters. The van der Waals surface area contributed by atoms with Gasteiger partial charge in [0.25, 0.3) is 0 Å². The molecule has 2 heterocycles. The molecule has 0 aliphatic carbocycles. The summed E-state index contributed by atoms with van der Waals surface area (Å²) in [5, 5.41) is 3.46. The van der Waals surface area contributed by atoms with Crippen LogP contribution in [0, 0.1) is 0 Å². The van der Waals surface area contributed by atoms with E-state index in [1.54, 1.807) is 11.3 Å². The largest absolute Gasteiger partial charge is 0.380 e. The molecule has 3 nitrogen and oxygen atoms in total. The van der Waals surface area contributed by atoms with Gasteiger partial charge in [-0.05, 0) is 62.2 Å². The molecule has 1 aromatic heterocycles. The number of nitrogens with zero attached hydrogens (tertiary/aromatic N) is 1. The monoisotopic (exact) mass is 430 g/mol. The Hall–Kier alpha value is -0.560. The van der Waals surface area contributed by atoms with Crippen molar-refractivity contribution in [2.45, 2.75) is 6.54 Å². The number of ether oxygens (including phenoxy) is 1. The van der Waals surface area contributed by atoms with E-state index in [0.29, 0.717) is 0 Å². The van der Waals surface area contributed by atoms with Gasteiger partial charge in [-0.3, -0.25) is 0 Å². The lowest BCUT2D eigenvalue weighted by molar-refractivity contribution is 0.122. The molecule has 3 rings (SSSR count). The van der Waals surface area contributed by atoms with E-state index in [0.717, 1.165) is 46.8 Å². The Bertz CT molecular complexity index is 575. The number of hydrogen-bond acceptors (Lipinski definition) is 4. The highest BCUT2D eigenvalue weighted by atomic mass is 79.9. The van der Waals surface area contributed by atoms with Crippen LogP contribution < -0.4 is 10.2 Å². The third-order valence-electron chi connectivity index (χ3n) is 3.41. The highest BCUT2D eigenvalue weighted by Crippen LogP contribution is 2.32. The van der Waals surface area contributed by atoms with E-state index in [9.17, 15) is 0 Å². The van der Waals surface area contributed by atoms with Crippen LogP contribution in [0.5, 0.6) is 0 Å². The fourth-order valence-corrected chi connectivity index (χ4v) is 4.40. The van der Waals surface area contributed by atoms with Gasteiger partial charge in [0, 0.05) is 40.4 Å². The number of halogens is 2. The van der Waals surface area contributed by atoms with E-state index in [2.05, 4.69) is 72.4 Å². The number of morpholine rings is 1. The van der Waals surface area contributed by atoms with E-state index < -0.39 is 0 Å². The lowest BCUT2D eigenvalue weighted by Gasteiger charge is -2.28. The maximum atomic E-state index is 5.38. The van der Waals surface area contributed by atoms with E-state index in [-0.39, 0.29) is 0 Å². The molecule has 0 amide bonds. The molecular formula is C15H16Br2N2OS. The summed E-state index contributed by atoms with van der Waals surface area (Å²) in [6, 6.07) is 10.8. The number of benzene rings is 1. The first-order chi connectivity index (χ1) is 10.2. The maximum Gasteiger partial charge on any atom is 0.0843 e. The van der Waals surface area contributed by atoms with Gasteiger partial charge in [0.1, 0.15) is 0 Å². The standard InChI is InChI=1S/C15H16Br2N2OS/c16-14-9-13(21-15(14)17)10-18-11-1-3-12(4-2-11)19-5-7-20-8-6-19/h1-4,9,18H,5-8,10H2. The van der Waals surface area contributed by atoms with Crippen LogP contribution in [-0.2, 0) is 11.3 Å². The Morgan fingerprint density at radius 2 is 1.86 bits per heavy atom. The van der Waals surface area contributed by atoms with Crippen molar-refractivity contribution in [1.29, 1.82) is 0 Å². The van der Waals surface area contributed by atoms with Crippen LogP contribution in [0.2, 0.25) is 0 Å². The van der Waals surface area contributed by atoms with Gasteiger partial charge in [-0.15, -0.1) is 11.3 Å². The molecule has 1 aliphatic heterocycles. The second-order valence-electron chi connectivity index (χ2n) is 4.83. The van der Waals surface area contributed by atoms with Crippen LogP contribution >= 0.6 is 43.2 Å². The zero-order chi connectivity index (χ0) is 14.7. The quantitative estimate of drug-likeness (QED) is 0.757. The molecule has 1 fully saturated rings. The number of anilines is 2. The van der Waals surface area contributed by atoms with E-state index in [1.165, 1.54) is 10.6 Å². The first-order valence-corrected chi connectivity index (χ1v) is 9.23. The van der Waals surface area contributed by atoms with Crippen LogP contribution in [-0.4, -0.2) is 26.3 Å². The topological polar surface area (TPSA) is 24.5 Å². The van der Waals surface area contributed by atoms with Crippen molar-refractivity contribution in [3.63, 3.8) is 0 Å². The Kier molecular flexibility index (Phi) is 5.21. The Labute approximate surface area is 145 Å². The number of rotatable bonds is 4. The van der Waals surface area contributed by atoms with Crippen molar-refractivity contribution >= 4 is 54.6 Å². The number of hydrogen-bond donors (Lipinski definition) is 1. The fraction of sp³-hybridized carbons (Fsp3) is 0.333. The molecule has 1 N–H and O–H groups in total. The van der Waals surface area contributed by atoms with Crippen molar-refractivity contribution in [2.24, 2.45) is 0 Å². The third-order valence-corrected chi connectivity index (χ3v) is 6.66. The van der Waals surface area contributed by atoms with Gasteiger partial charge < -0.3 is 15.0 Å². The Morgan fingerprint density at radius 1 is 1.14 bits per heavy atom. The average Bonchev–Trinajstić information content (AvgIpc) is 2.85. The summed E-state index contributed by atoms with van der Waals surface area (Å²) in [6.45, 7) is 4.43. The average molecular weight is 432 g/mol. The van der Waals surface area contributed by atoms with E-state index in [4.69, 9.17) is 4.74 Å². The van der Waals surface area contributed by atoms with Crippen LogP contribution in [0.3, 0.4) is 0 Å². The molecule has 1 saturated heterocycles. The molecule has 1 aliphatic rings. The third kappa shape index (κ3) is 4.00. The van der Waals surface area contributed by atoms with Crippen LogP contribution in [0.1, 0.15) is 4.88 Å². The predicted molar refractivity (Wildman–Crippen MR) is 96.5 cm³/mol. The van der Waals surface area contributed by atoms with Crippen LogP contribution in [0.4, 0.5) is 11.4 Å². The number of nitrogens with one attached hydrogen (secondary N) is 1. The van der Waals surface area contributed by atoms with Gasteiger partial charge in [-0.25, -0.2) is 0 Å². The van der Waals surface area contributed by atoms with Gasteiger partial charge in [0.05, 0.1) is 17.0 Å². The molecule has 0 bridgehead atoms. The lowest BCUT2D eigenvalue weighted by atomic mass is 10.2. The van der Waals surface area contributed by atoms with Gasteiger partial charge >= 0.3 is 0 Å². The molecule has 0 spiro atoms. The smallest absolute Gasteiger partial charge is 0.0843 e. The molecule has 1 aromatic carbocycles. The normalized spacial score (nSPS) is 15.2. The first-order valence-electron chi connectivity index (χ1n) is 6.83. The second-order valence-corrected chi connectivity index (χ2v) is 8.14. The van der Waals surface area contributed by atoms with Crippen molar-refractivity contribution in [3.05, 3.63) is 43.5 Å². The molecule has 112 valence electrons. The Morgan fingerprint density at radius 3 is 2.48 bits per heavy atom. The summed E-state index contributed by atoms with van der Waals surface area (Å²) in [5.41, 5.74) is 2.41. The summed E-state index contributed by atoms with van der Waals surface area (Å²) in [5.74, 6) is 0. The first kappa shape index (κ1) is 15.3. The summed E-state index contributed by atoms with van der Waals surface area (Å²) in [7, 11) is 0. The fourth-order valence-electron chi connectivity index (χ4n) is 2.28. The highest BCUT2D eigenvalue weighted by molar-refractivity contribution is 9.13. The zero-order valence-corrected chi connectivity index (χ0v) is 15.4. The van der Waals surface area contributed by atoms with E-state index >= 15 is 0 Å². The van der Waals surface area contributed by atoms with Crippen LogP contribution in [0.15, 0.2) is 38.6 Å². The molecule has 21 heavy (non-hydrogen) atoms. The van der Waals surface area contributed by atoms with Crippen LogP contribution in [0.25, 0.3) is 0 Å². The van der Waals surface area contributed by atoms with Gasteiger partial charge in [-0.2, -0.15) is 0 Å². The Balaban J connectivity index is 1.59. The SMILES string of the molecule is Brc1cc(CNc2ccc(N3CCOCC3)cc2)sc1Br. The molecule has 6 heteroatoms. The minimum atomic E-state index is 0.822. The van der Waals surface area contributed by atoms with Gasteiger partial charge in [0.15, 0.2) is 0 Å². The second kappa shape index (κ2) is 7.13. The van der Waals surface area contributed by atoms with Crippen molar-refractivity contribution in [1.82, 2.24) is 0 Å². The molecule has 0 radical (unpaired) electrons. The summed E-state index contributed by atoms with van der Waals surface area (Å²) >= 11 is 8.78. The predicted octanol–water partition coefficient (Wildman–Crippen LogP) is 4.72. The summed E-state index contributed by atoms with van der Waals surface area (Å²) < 4.78 is 7.64. The summed E-state index contributed by atoms with van der Waals surface area (Å²) in [4.78, 5) is 3.66. The van der Waals surface area contributed by atoms with Gasteiger partial charge in [0.2, 0.25) is 0 Å². The van der Waals surface area contributed by atoms with Crippen molar-refractivity contribution in [2.75, 3.05) is 36.5 Å². The maximum absolute atomic E-state index is 5.38. The lowest BCUT2D eigenvalue weighted by Crippen LogP contribution is -2.36. The summed E-state index contributed by atoms with van der Waals surface area (Å²) in [6.07, 6.45) is 0. The van der Waals surface area contributed by atoms with Crippen molar-refractivity contribution < 1.29 is 4.74 Å². The molecule has 0 saturated carbocycles. The number of thiophene rings is 1. The van der Waals surface area contributed by atoms with Gasteiger partial charge in [-0.1, -0.05) is 0 Å². The van der Waals surface area contributed by atoms with Crippen molar-refractivity contribution in [3.8, 4) is 0 Å². The molecule has 0 atom stereocenters. The minimum Gasteiger partial charge on any atom is -0.380 e.